The predicted molar refractivity (Wildman–Crippen MR) is 170 cm³/mol. The van der Waals surface area contributed by atoms with E-state index < -0.39 is 5.54 Å². The molecule has 0 aliphatic carbocycles. The Balaban J connectivity index is 1.57. The maximum absolute atomic E-state index is 14.0. The number of carbonyl (C=O) groups is 2. The fourth-order valence-electron chi connectivity index (χ4n) is 7.20. The number of phenols is 1. The van der Waals surface area contributed by atoms with Gasteiger partial charge in [-0.25, -0.2) is 0 Å². The summed E-state index contributed by atoms with van der Waals surface area (Å²) in [5.41, 5.74) is 1.66. The van der Waals surface area contributed by atoms with E-state index in [9.17, 15) is 14.7 Å². The molecule has 42 heavy (non-hydrogen) atoms. The van der Waals surface area contributed by atoms with Crippen molar-refractivity contribution in [3.05, 3.63) is 63.6 Å². The van der Waals surface area contributed by atoms with Gasteiger partial charge in [0.25, 0.3) is 5.91 Å². The zero-order valence-electron chi connectivity index (χ0n) is 25.4. The number of aryl methyl sites for hydroxylation is 1. The number of halogens is 2. The molecule has 9 heteroatoms. The number of aromatic hydroxyl groups is 1. The summed E-state index contributed by atoms with van der Waals surface area (Å²) < 4.78 is 0.821. The highest BCUT2D eigenvalue weighted by Crippen LogP contribution is 2.40. The molecule has 2 aliphatic rings. The van der Waals surface area contributed by atoms with Crippen LogP contribution in [-0.4, -0.2) is 97.2 Å². The van der Waals surface area contributed by atoms with Crippen LogP contribution in [0.1, 0.15) is 62.0 Å². The SMILES string of the molecule is CN(C)C(=O)C1([N+]2(CCC(CN(C)C(=O)CCc3ccc(O)cc3)c3ccc(Cl)c(Cl)c3)CCCCC2)CCNCC1. The summed E-state index contributed by atoms with van der Waals surface area (Å²) in [4.78, 5) is 30.9. The average molecular weight is 619 g/mol. The van der Waals surface area contributed by atoms with Crippen LogP contribution in [0, 0.1) is 0 Å². The second-order valence-electron chi connectivity index (χ2n) is 12.5. The minimum atomic E-state index is -0.427. The van der Waals surface area contributed by atoms with Gasteiger partial charge < -0.3 is 24.7 Å². The summed E-state index contributed by atoms with van der Waals surface area (Å²) in [5.74, 6) is 0.595. The lowest BCUT2D eigenvalue weighted by Gasteiger charge is -2.56. The number of benzene rings is 2. The monoisotopic (exact) mass is 617 g/mol. The molecule has 0 radical (unpaired) electrons. The van der Waals surface area contributed by atoms with Crippen LogP contribution in [0.5, 0.6) is 5.75 Å². The number of hydrogen-bond donors (Lipinski definition) is 2. The lowest BCUT2D eigenvalue weighted by molar-refractivity contribution is -0.972. The van der Waals surface area contributed by atoms with Gasteiger partial charge in [0.05, 0.1) is 29.7 Å². The Kier molecular flexibility index (Phi) is 11.2. The molecular weight excluding hydrogens is 571 g/mol. The second kappa shape index (κ2) is 14.4. The van der Waals surface area contributed by atoms with Crippen LogP contribution in [0.3, 0.4) is 0 Å². The molecule has 2 N–H and O–H groups in total. The van der Waals surface area contributed by atoms with E-state index in [1.807, 2.05) is 56.4 Å². The van der Waals surface area contributed by atoms with Crippen LogP contribution in [-0.2, 0) is 16.0 Å². The van der Waals surface area contributed by atoms with E-state index in [1.165, 1.54) is 6.42 Å². The third kappa shape index (κ3) is 7.42. The molecule has 0 saturated carbocycles. The van der Waals surface area contributed by atoms with Crippen molar-refractivity contribution in [3.63, 3.8) is 0 Å². The largest absolute Gasteiger partial charge is 0.508 e. The van der Waals surface area contributed by atoms with E-state index >= 15 is 0 Å². The maximum Gasteiger partial charge on any atom is 0.283 e. The van der Waals surface area contributed by atoms with Crippen molar-refractivity contribution in [2.45, 2.75) is 62.8 Å². The molecular formula is C33H47Cl2N4O3+. The molecule has 2 saturated heterocycles. The van der Waals surface area contributed by atoms with Gasteiger partial charge in [0.2, 0.25) is 5.91 Å². The number of nitrogens with one attached hydrogen (secondary N) is 1. The molecule has 0 bridgehead atoms. The standard InChI is InChI=1S/C33H46Cl2N4O3/c1-37(2)32(42)33(16-18-36-19-17-33)39(20-5-4-6-21-39)22-15-27(26-10-13-29(34)30(35)23-26)24-38(3)31(41)14-9-25-7-11-28(40)12-8-25/h7-8,10-13,23,27,36H,4-6,9,14-22,24H2,1-3H3/p+1. The number of quaternary nitrogens is 1. The second-order valence-corrected chi connectivity index (χ2v) is 13.3. The summed E-state index contributed by atoms with van der Waals surface area (Å²) in [6, 6.07) is 12.8. The number of carbonyl (C=O) groups excluding carboxylic acids is 2. The smallest absolute Gasteiger partial charge is 0.283 e. The van der Waals surface area contributed by atoms with Crippen LogP contribution in [0.2, 0.25) is 10.0 Å². The molecule has 2 amide bonds. The Morgan fingerprint density at radius 3 is 2.26 bits per heavy atom. The van der Waals surface area contributed by atoms with Crippen LogP contribution in [0.25, 0.3) is 0 Å². The highest BCUT2D eigenvalue weighted by Gasteiger charge is 2.57. The van der Waals surface area contributed by atoms with E-state index in [4.69, 9.17) is 23.2 Å². The minimum absolute atomic E-state index is 0.0486. The van der Waals surface area contributed by atoms with Gasteiger partial charge in [0.1, 0.15) is 5.75 Å². The molecule has 2 aromatic carbocycles. The van der Waals surface area contributed by atoms with E-state index in [0.717, 1.165) is 80.4 Å². The van der Waals surface area contributed by atoms with Gasteiger partial charge in [-0.2, -0.15) is 0 Å². The molecule has 7 nitrogen and oxygen atoms in total. The molecule has 1 unspecified atom stereocenters. The van der Waals surface area contributed by atoms with Gasteiger partial charge in [0, 0.05) is 72.4 Å². The average Bonchev–Trinajstić information content (AvgIpc) is 3.00. The number of rotatable bonds is 11. The summed E-state index contributed by atoms with van der Waals surface area (Å²) in [5, 5.41) is 14.1. The van der Waals surface area contributed by atoms with Crippen molar-refractivity contribution in [3.8, 4) is 5.75 Å². The molecule has 2 aliphatic heterocycles. The van der Waals surface area contributed by atoms with Crippen molar-refractivity contribution >= 4 is 35.0 Å². The van der Waals surface area contributed by atoms with Crippen LogP contribution >= 0.6 is 23.2 Å². The van der Waals surface area contributed by atoms with Gasteiger partial charge in [-0.1, -0.05) is 41.4 Å². The topological polar surface area (TPSA) is 72.9 Å². The van der Waals surface area contributed by atoms with Gasteiger partial charge >= 0.3 is 0 Å². The van der Waals surface area contributed by atoms with Gasteiger partial charge in [-0.05, 0) is 61.1 Å². The predicted octanol–water partition coefficient (Wildman–Crippen LogP) is 5.48. The van der Waals surface area contributed by atoms with E-state index in [1.54, 1.807) is 17.0 Å². The first kappa shape index (κ1) is 32.6. The Labute approximate surface area is 261 Å². The zero-order valence-corrected chi connectivity index (χ0v) is 26.9. The molecule has 2 heterocycles. The Hall–Kier alpha value is -2.32. The Bertz CT molecular complexity index is 1210. The molecule has 0 aromatic heterocycles. The molecule has 2 fully saturated rings. The van der Waals surface area contributed by atoms with Crippen molar-refractivity contribution < 1.29 is 19.2 Å². The summed E-state index contributed by atoms with van der Waals surface area (Å²) in [6.45, 7) is 5.16. The van der Waals surface area contributed by atoms with E-state index in [0.29, 0.717) is 29.4 Å². The molecule has 1 atom stereocenters. The van der Waals surface area contributed by atoms with Crippen LogP contribution in [0.4, 0.5) is 0 Å². The maximum atomic E-state index is 14.0. The van der Waals surface area contributed by atoms with Crippen molar-refractivity contribution in [1.29, 1.82) is 0 Å². The normalized spacial score (nSPS) is 18.7. The third-order valence-corrected chi connectivity index (χ3v) is 10.4. The number of nitrogens with zero attached hydrogens (tertiary/aromatic N) is 3. The lowest BCUT2D eigenvalue weighted by atomic mass is 9.79. The number of hydrogen-bond acceptors (Lipinski definition) is 4. The van der Waals surface area contributed by atoms with Crippen LogP contribution in [0.15, 0.2) is 42.5 Å². The van der Waals surface area contributed by atoms with E-state index in [2.05, 4.69) is 5.32 Å². The zero-order chi connectivity index (χ0) is 30.3. The molecule has 230 valence electrons. The quantitative estimate of drug-likeness (QED) is 0.328. The molecule has 0 spiro atoms. The first-order valence-electron chi connectivity index (χ1n) is 15.3. The number of phenolic OH excluding ortho intramolecular Hbond substituents is 1. The molecule has 4 rings (SSSR count). The molecule has 2 aromatic rings. The summed E-state index contributed by atoms with van der Waals surface area (Å²) in [6.07, 6.45) is 7.00. The fraction of sp³-hybridized carbons (Fsp3) is 0.576. The van der Waals surface area contributed by atoms with Crippen molar-refractivity contribution in [2.75, 3.05) is 60.4 Å². The van der Waals surface area contributed by atoms with Gasteiger partial charge in [-0.3, -0.25) is 9.59 Å². The number of amides is 2. The Morgan fingerprint density at radius 2 is 1.64 bits per heavy atom. The number of likely N-dealkylation sites (N-methyl/N-ethyl adjacent to an activating group) is 2. The Morgan fingerprint density at radius 1 is 0.976 bits per heavy atom. The fourth-order valence-corrected chi connectivity index (χ4v) is 7.51. The van der Waals surface area contributed by atoms with Crippen LogP contribution < -0.4 is 5.32 Å². The number of piperidine rings is 2. The lowest BCUT2D eigenvalue weighted by Crippen LogP contribution is -2.74. The van der Waals surface area contributed by atoms with Gasteiger partial charge in [-0.15, -0.1) is 0 Å². The van der Waals surface area contributed by atoms with Gasteiger partial charge in [0.15, 0.2) is 5.54 Å². The highest BCUT2D eigenvalue weighted by molar-refractivity contribution is 6.42. The van der Waals surface area contributed by atoms with Crippen molar-refractivity contribution in [2.24, 2.45) is 0 Å². The summed E-state index contributed by atoms with van der Waals surface area (Å²) >= 11 is 12.8. The van der Waals surface area contributed by atoms with Crippen molar-refractivity contribution in [1.82, 2.24) is 15.1 Å². The number of likely N-dealkylation sites (tertiary alicyclic amines) is 1. The first-order valence-corrected chi connectivity index (χ1v) is 16.1. The first-order chi connectivity index (χ1) is 20.1. The highest BCUT2D eigenvalue weighted by atomic mass is 35.5. The van der Waals surface area contributed by atoms with E-state index in [-0.39, 0.29) is 23.5 Å². The summed E-state index contributed by atoms with van der Waals surface area (Å²) in [7, 11) is 5.66. The third-order valence-electron chi connectivity index (χ3n) is 9.62. The minimum Gasteiger partial charge on any atom is -0.508 e.